The van der Waals surface area contributed by atoms with E-state index in [1.54, 1.807) is 0 Å². The van der Waals surface area contributed by atoms with Gasteiger partial charge in [-0.25, -0.2) is 0 Å². The molecule has 0 spiro atoms. The number of hydrogen-bond acceptors (Lipinski definition) is 4. The normalized spacial score (nSPS) is 12.7. The Morgan fingerprint density at radius 3 is 2.68 bits per heavy atom. The van der Waals surface area contributed by atoms with Crippen LogP contribution in [0, 0.1) is 0 Å². The van der Waals surface area contributed by atoms with E-state index in [-0.39, 0.29) is 6.04 Å². The molecule has 4 nitrogen and oxygen atoms in total. The highest BCUT2D eigenvalue weighted by Crippen LogP contribution is 2.24. The molecule has 4 heteroatoms. The first kappa shape index (κ1) is 11.9. The average Bonchev–Trinajstić information content (AvgIpc) is 2.95. The van der Waals surface area contributed by atoms with Crippen LogP contribution in [0.15, 0.2) is 46.9 Å². The summed E-state index contributed by atoms with van der Waals surface area (Å²) in [7, 11) is 0. The molecule has 96 valence electrons. The fraction of sp³-hybridized carbons (Fsp3) is 0.200. The number of rotatable bonds is 3. The van der Waals surface area contributed by atoms with Crippen LogP contribution in [0.2, 0.25) is 0 Å². The number of aromatic nitrogens is 2. The van der Waals surface area contributed by atoms with E-state index in [2.05, 4.69) is 22.3 Å². The lowest BCUT2D eigenvalue weighted by atomic mass is 10.1. The molecule has 0 aliphatic heterocycles. The first-order chi connectivity index (χ1) is 9.28. The highest BCUT2D eigenvalue weighted by atomic mass is 16.4. The third-order valence-electron chi connectivity index (χ3n) is 3.19. The lowest BCUT2D eigenvalue weighted by Gasteiger charge is -2.01. The predicted molar refractivity (Wildman–Crippen MR) is 74.5 cm³/mol. The summed E-state index contributed by atoms with van der Waals surface area (Å²) >= 11 is 0. The van der Waals surface area contributed by atoms with Crippen molar-refractivity contribution in [2.24, 2.45) is 5.73 Å². The maximum Gasteiger partial charge on any atom is 0.247 e. The van der Waals surface area contributed by atoms with E-state index in [0.29, 0.717) is 11.8 Å². The van der Waals surface area contributed by atoms with Gasteiger partial charge in [0.05, 0.1) is 6.04 Å². The van der Waals surface area contributed by atoms with Crippen LogP contribution in [0.25, 0.3) is 22.2 Å². The van der Waals surface area contributed by atoms with Crippen molar-refractivity contribution in [2.45, 2.75) is 19.4 Å². The Kier molecular flexibility index (Phi) is 3.01. The van der Waals surface area contributed by atoms with Gasteiger partial charge in [0.25, 0.3) is 0 Å². The molecule has 2 N–H and O–H groups in total. The van der Waals surface area contributed by atoms with Crippen molar-refractivity contribution in [3.63, 3.8) is 0 Å². The minimum atomic E-state index is -0.193. The van der Waals surface area contributed by atoms with E-state index < -0.39 is 0 Å². The lowest BCUT2D eigenvalue weighted by molar-refractivity contribution is 0.452. The van der Waals surface area contributed by atoms with Crippen LogP contribution >= 0.6 is 0 Å². The summed E-state index contributed by atoms with van der Waals surface area (Å²) in [4.78, 5) is 0. The molecule has 0 fully saturated rings. The summed E-state index contributed by atoms with van der Waals surface area (Å²) < 4.78 is 5.62. The van der Waals surface area contributed by atoms with Gasteiger partial charge in [0.1, 0.15) is 0 Å². The molecule has 3 rings (SSSR count). The van der Waals surface area contributed by atoms with Gasteiger partial charge in [0.15, 0.2) is 0 Å². The summed E-state index contributed by atoms with van der Waals surface area (Å²) in [5.74, 6) is 1.01. The van der Waals surface area contributed by atoms with Gasteiger partial charge in [-0.3, -0.25) is 0 Å². The van der Waals surface area contributed by atoms with Crippen LogP contribution in [0.5, 0.6) is 0 Å². The van der Waals surface area contributed by atoms with Gasteiger partial charge < -0.3 is 10.2 Å². The third-order valence-corrected chi connectivity index (χ3v) is 3.19. The van der Waals surface area contributed by atoms with Crippen molar-refractivity contribution in [3.8, 4) is 11.5 Å². The van der Waals surface area contributed by atoms with Crippen molar-refractivity contribution in [1.82, 2.24) is 10.2 Å². The Labute approximate surface area is 111 Å². The van der Waals surface area contributed by atoms with Crippen LogP contribution in [0.4, 0.5) is 0 Å². The molecule has 1 heterocycles. The summed E-state index contributed by atoms with van der Waals surface area (Å²) in [6.07, 6.45) is 0.777. The molecule has 19 heavy (non-hydrogen) atoms. The van der Waals surface area contributed by atoms with Crippen LogP contribution < -0.4 is 5.73 Å². The van der Waals surface area contributed by atoms with E-state index in [0.717, 1.165) is 17.4 Å². The van der Waals surface area contributed by atoms with Gasteiger partial charge in [-0.2, -0.15) is 0 Å². The topological polar surface area (TPSA) is 64.9 Å². The van der Waals surface area contributed by atoms with Crippen LogP contribution in [0.1, 0.15) is 25.3 Å². The first-order valence-corrected chi connectivity index (χ1v) is 6.36. The molecular formula is C15H15N3O. The zero-order chi connectivity index (χ0) is 13.2. The number of benzene rings is 2. The number of fused-ring (bicyclic) bond motifs is 1. The molecular weight excluding hydrogens is 238 g/mol. The molecule has 2 aromatic carbocycles. The Morgan fingerprint density at radius 2 is 1.89 bits per heavy atom. The van der Waals surface area contributed by atoms with Gasteiger partial charge in [-0.15, -0.1) is 10.2 Å². The zero-order valence-corrected chi connectivity index (χ0v) is 10.7. The molecule has 3 aromatic rings. The quantitative estimate of drug-likeness (QED) is 0.777. The molecule has 0 amide bonds. The van der Waals surface area contributed by atoms with E-state index in [1.165, 1.54) is 5.39 Å². The van der Waals surface area contributed by atoms with Crippen molar-refractivity contribution < 1.29 is 4.42 Å². The van der Waals surface area contributed by atoms with Crippen molar-refractivity contribution >= 4 is 10.8 Å². The predicted octanol–water partition coefficient (Wildman–Crippen LogP) is 3.30. The summed E-state index contributed by atoms with van der Waals surface area (Å²) in [6.45, 7) is 1.99. The molecule has 1 atom stereocenters. The molecule has 0 saturated carbocycles. The van der Waals surface area contributed by atoms with Gasteiger partial charge >= 0.3 is 0 Å². The molecule has 0 aliphatic rings. The maximum atomic E-state index is 5.88. The standard InChI is InChI=1S/C15H15N3O/c1-2-13(16)15-18-17-14(19-15)12-8-7-10-5-3-4-6-11(10)9-12/h3-9,13H,2,16H2,1H3. The van der Waals surface area contributed by atoms with Gasteiger partial charge in [0.2, 0.25) is 11.8 Å². The number of hydrogen-bond donors (Lipinski definition) is 1. The Bertz CT molecular complexity index is 705. The monoisotopic (exact) mass is 253 g/mol. The Hall–Kier alpha value is -2.20. The first-order valence-electron chi connectivity index (χ1n) is 6.36. The van der Waals surface area contributed by atoms with E-state index >= 15 is 0 Å². The fourth-order valence-electron chi connectivity index (χ4n) is 2.00. The van der Waals surface area contributed by atoms with Crippen molar-refractivity contribution in [2.75, 3.05) is 0 Å². The number of nitrogens with two attached hydrogens (primary N) is 1. The molecule has 0 bridgehead atoms. The largest absolute Gasteiger partial charge is 0.419 e. The van der Waals surface area contributed by atoms with Gasteiger partial charge in [-0.05, 0) is 29.3 Å². The average molecular weight is 253 g/mol. The van der Waals surface area contributed by atoms with Gasteiger partial charge in [0, 0.05) is 5.56 Å². The summed E-state index contributed by atoms with van der Waals surface area (Å²) in [5.41, 5.74) is 6.80. The summed E-state index contributed by atoms with van der Waals surface area (Å²) in [6, 6.07) is 14.1. The second-order valence-corrected chi connectivity index (χ2v) is 4.52. The second kappa shape index (κ2) is 4.82. The second-order valence-electron chi connectivity index (χ2n) is 4.52. The smallest absolute Gasteiger partial charge is 0.247 e. The molecule has 0 saturated heterocycles. The van der Waals surface area contributed by atoms with Crippen LogP contribution in [-0.2, 0) is 0 Å². The maximum absolute atomic E-state index is 5.88. The molecule has 0 radical (unpaired) electrons. The van der Waals surface area contributed by atoms with Crippen LogP contribution in [0.3, 0.4) is 0 Å². The zero-order valence-electron chi connectivity index (χ0n) is 10.7. The Morgan fingerprint density at radius 1 is 1.11 bits per heavy atom. The lowest BCUT2D eigenvalue weighted by Crippen LogP contribution is -2.08. The van der Waals surface area contributed by atoms with Crippen molar-refractivity contribution in [3.05, 3.63) is 48.4 Å². The van der Waals surface area contributed by atoms with E-state index in [1.807, 2.05) is 37.3 Å². The number of nitrogens with zero attached hydrogens (tertiary/aromatic N) is 2. The van der Waals surface area contributed by atoms with Gasteiger partial charge in [-0.1, -0.05) is 37.3 Å². The van der Waals surface area contributed by atoms with E-state index in [9.17, 15) is 0 Å². The highest BCUT2D eigenvalue weighted by molar-refractivity contribution is 5.86. The molecule has 1 unspecified atom stereocenters. The van der Waals surface area contributed by atoms with Crippen molar-refractivity contribution in [1.29, 1.82) is 0 Å². The highest BCUT2D eigenvalue weighted by Gasteiger charge is 2.13. The summed E-state index contributed by atoms with van der Waals surface area (Å²) in [5, 5.41) is 10.4. The third kappa shape index (κ3) is 2.22. The molecule has 1 aromatic heterocycles. The minimum Gasteiger partial charge on any atom is -0.419 e. The minimum absolute atomic E-state index is 0.193. The Balaban J connectivity index is 2.01. The molecule has 0 aliphatic carbocycles. The van der Waals surface area contributed by atoms with E-state index in [4.69, 9.17) is 10.2 Å². The fourth-order valence-corrected chi connectivity index (χ4v) is 2.00. The van der Waals surface area contributed by atoms with Crippen LogP contribution in [-0.4, -0.2) is 10.2 Å². The SMILES string of the molecule is CCC(N)c1nnc(-c2ccc3ccccc3c2)o1.